The summed E-state index contributed by atoms with van der Waals surface area (Å²) in [5.74, 6) is -1.31. The summed E-state index contributed by atoms with van der Waals surface area (Å²) in [5, 5.41) is 2.54. The third-order valence-electron chi connectivity index (χ3n) is 2.89. The van der Waals surface area contributed by atoms with Crippen LogP contribution in [-0.4, -0.2) is 50.0 Å². The van der Waals surface area contributed by atoms with Crippen molar-refractivity contribution in [1.82, 2.24) is 9.97 Å². The standard InChI is InChI=1S/C10H13F3N4O2S/c1-14-7-6-8(16-9(15-7)10(11,12)13)17-2-4-20(18,19)5-3-17/h6H,2-5H2,1H3,(H,14,15,16). The van der Waals surface area contributed by atoms with E-state index in [0.29, 0.717) is 0 Å². The summed E-state index contributed by atoms with van der Waals surface area (Å²) in [6.45, 7) is 0.250. The summed E-state index contributed by atoms with van der Waals surface area (Å²) >= 11 is 0. The van der Waals surface area contributed by atoms with Crippen LogP contribution in [0.4, 0.5) is 24.8 Å². The van der Waals surface area contributed by atoms with Crippen molar-refractivity contribution in [3.8, 4) is 0 Å². The molecule has 6 nitrogen and oxygen atoms in total. The van der Waals surface area contributed by atoms with Gasteiger partial charge in [0.25, 0.3) is 0 Å². The first-order chi connectivity index (χ1) is 9.21. The number of hydrogen-bond donors (Lipinski definition) is 1. The highest BCUT2D eigenvalue weighted by Gasteiger charge is 2.36. The number of hydrogen-bond acceptors (Lipinski definition) is 6. The Morgan fingerprint density at radius 2 is 1.85 bits per heavy atom. The van der Waals surface area contributed by atoms with Crippen molar-refractivity contribution in [3.63, 3.8) is 0 Å². The maximum absolute atomic E-state index is 12.7. The van der Waals surface area contributed by atoms with Crippen LogP contribution in [0.1, 0.15) is 5.82 Å². The van der Waals surface area contributed by atoms with Gasteiger partial charge in [0, 0.05) is 26.2 Å². The topological polar surface area (TPSA) is 75.2 Å². The van der Waals surface area contributed by atoms with Crippen molar-refractivity contribution >= 4 is 21.5 Å². The minimum Gasteiger partial charge on any atom is -0.373 e. The van der Waals surface area contributed by atoms with Crippen molar-refractivity contribution in [2.75, 3.05) is 41.9 Å². The number of anilines is 2. The molecular weight excluding hydrogens is 297 g/mol. The zero-order valence-electron chi connectivity index (χ0n) is 10.6. The molecule has 0 radical (unpaired) electrons. The number of aromatic nitrogens is 2. The van der Waals surface area contributed by atoms with Gasteiger partial charge < -0.3 is 10.2 Å². The zero-order chi connectivity index (χ0) is 15.0. The first-order valence-corrected chi connectivity index (χ1v) is 7.63. The molecule has 2 heterocycles. The first kappa shape index (κ1) is 14.8. The van der Waals surface area contributed by atoms with Gasteiger partial charge in [-0.1, -0.05) is 0 Å². The van der Waals surface area contributed by atoms with Crippen LogP contribution >= 0.6 is 0 Å². The summed E-state index contributed by atoms with van der Waals surface area (Å²) in [6.07, 6.45) is -4.65. The molecule has 0 amide bonds. The molecule has 112 valence electrons. The van der Waals surface area contributed by atoms with Crippen molar-refractivity contribution in [1.29, 1.82) is 0 Å². The lowest BCUT2D eigenvalue weighted by Gasteiger charge is -2.28. The van der Waals surface area contributed by atoms with Gasteiger partial charge in [-0.3, -0.25) is 0 Å². The summed E-state index contributed by atoms with van der Waals surface area (Å²) < 4.78 is 60.8. The van der Waals surface area contributed by atoms with Crippen molar-refractivity contribution in [3.05, 3.63) is 11.9 Å². The maximum atomic E-state index is 12.7. The van der Waals surface area contributed by atoms with E-state index in [9.17, 15) is 21.6 Å². The zero-order valence-corrected chi connectivity index (χ0v) is 11.4. The van der Waals surface area contributed by atoms with Gasteiger partial charge in [-0.15, -0.1) is 0 Å². The number of sulfone groups is 1. The Morgan fingerprint density at radius 1 is 1.25 bits per heavy atom. The average Bonchev–Trinajstić information content (AvgIpc) is 2.37. The Morgan fingerprint density at radius 3 is 2.35 bits per heavy atom. The first-order valence-electron chi connectivity index (χ1n) is 5.81. The van der Waals surface area contributed by atoms with Crippen LogP contribution in [0, 0.1) is 0 Å². The highest BCUT2D eigenvalue weighted by molar-refractivity contribution is 7.91. The molecule has 1 aromatic rings. The molecule has 0 atom stereocenters. The Kier molecular flexibility index (Phi) is 3.76. The Bertz CT molecular complexity index is 589. The van der Waals surface area contributed by atoms with E-state index in [2.05, 4.69) is 15.3 Å². The van der Waals surface area contributed by atoms with Crippen LogP contribution in [0.25, 0.3) is 0 Å². The second-order valence-corrected chi connectivity index (χ2v) is 6.63. The van der Waals surface area contributed by atoms with E-state index >= 15 is 0 Å². The fourth-order valence-corrected chi connectivity index (χ4v) is 2.99. The molecule has 0 spiro atoms. The summed E-state index contributed by atoms with van der Waals surface area (Å²) in [4.78, 5) is 8.35. The summed E-state index contributed by atoms with van der Waals surface area (Å²) in [5.41, 5.74) is 0. The average molecular weight is 310 g/mol. The van der Waals surface area contributed by atoms with E-state index in [4.69, 9.17) is 0 Å². The van der Waals surface area contributed by atoms with Gasteiger partial charge in [-0.2, -0.15) is 13.2 Å². The molecule has 10 heteroatoms. The van der Waals surface area contributed by atoms with Crippen molar-refractivity contribution in [2.45, 2.75) is 6.18 Å². The van der Waals surface area contributed by atoms with Gasteiger partial charge in [-0.25, -0.2) is 18.4 Å². The Balaban J connectivity index is 2.32. The van der Waals surface area contributed by atoms with Gasteiger partial charge in [0.05, 0.1) is 11.5 Å². The van der Waals surface area contributed by atoms with E-state index in [1.165, 1.54) is 18.0 Å². The molecule has 1 N–H and O–H groups in total. The van der Waals surface area contributed by atoms with Crippen LogP contribution in [-0.2, 0) is 16.0 Å². The molecule has 0 bridgehead atoms. The van der Waals surface area contributed by atoms with E-state index in [1.54, 1.807) is 0 Å². The monoisotopic (exact) mass is 310 g/mol. The van der Waals surface area contributed by atoms with Crippen LogP contribution in [0.3, 0.4) is 0 Å². The molecule has 0 aromatic carbocycles. The molecular formula is C10H13F3N4O2S. The lowest BCUT2D eigenvalue weighted by atomic mass is 10.4. The number of halogens is 3. The molecule has 0 unspecified atom stereocenters. The molecule has 20 heavy (non-hydrogen) atoms. The number of rotatable bonds is 2. The smallest absolute Gasteiger partial charge is 0.373 e. The third-order valence-corrected chi connectivity index (χ3v) is 4.50. The predicted octanol–water partition coefficient (Wildman–Crippen LogP) is 0.772. The molecule has 1 aliphatic heterocycles. The fourth-order valence-electron chi connectivity index (χ4n) is 1.79. The van der Waals surface area contributed by atoms with Gasteiger partial charge in [-0.05, 0) is 0 Å². The van der Waals surface area contributed by atoms with Crippen molar-refractivity contribution in [2.24, 2.45) is 0 Å². The molecule has 1 aromatic heterocycles. The molecule has 0 saturated carbocycles. The normalized spacial score (nSPS) is 18.9. The number of nitrogens with zero attached hydrogens (tertiary/aromatic N) is 3. The summed E-state index contributed by atoms with van der Waals surface area (Å²) in [7, 11) is -1.65. The minimum absolute atomic E-state index is 0.0377. The Hall–Kier alpha value is -1.58. The highest BCUT2D eigenvalue weighted by Crippen LogP contribution is 2.29. The fraction of sp³-hybridized carbons (Fsp3) is 0.600. The number of alkyl halides is 3. The van der Waals surface area contributed by atoms with Crippen LogP contribution in [0.5, 0.6) is 0 Å². The second-order valence-electron chi connectivity index (χ2n) is 4.32. The third kappa shape index (κ3) is 3.30. The lowest BCUT2D eigenvalue weighted by molar-refractivity contribution is -0.144. The van der Waals surface area contributed by atoms with Gasteiger partial charge >= 0.3 is 6.18 Å². The molecule has 1 saturated heterocycles. The van der Waals surface area contributed by atoms with E-state index in [1.807, 2.05) is 0 Å². The maximum Gasteiger partial charge on any atom is 0.451 e. The van der Waals surface area contributed by atoms with Gasteiger partial charge in [0.2, 0.25) is 5.82 Å². The van der Waals surface area contributed by atoms with Gasteiger partial charge in [0.1, 0.15) is 11.6 Å². The molecule has 2 rings (SSSR count). The van der Waals surface area contributed by atoms with E-state index in [0.717, 1.165) is 0 Å². The van der Waals surface area contributed by atoms with E-state index in [-0.39, 0.29) is 36.2 Å². The molecule has 1 fully saturated rings. The quantitative estimate of drug-likeness (QED) is 0.870. The lowest BCUT2D eigenvalue weighted by Crippen LogP contribution is -2.41. The Labute approximate surface area is 113 Å². The van der Waals surface area contributed by atoms with Gasteiger partial charge in [0.15, 0.2) is 9.84 Å². The minimum atomic E-state index is -4.65. The summed E-state index contributed by atoms with van der Waals surface area (Å²) in [6, 6.07) is 1.37. The van der Waals surface area contributed by atoms with Crippen LogP contribution in [0.2, 0.25) is 0 Å². The SMILES string of the molecule is CNc1cc(N2CCS(=O)(=O)CC2)nc(C(F)(F)F)n1. The van der Waals surface area contributed by atoms with Crippen LogP contribution in [0.15, 0.2) is 6.07 Å². The van der Waals surface area contributed by atoms with Crippen molar-refractivity contribution < 1.29 is 21.6 Å². The molecule has 1 aliphatic rings. The predicted molar refractivity (Wildman–Crippen MR) is 67.4 cm³/mol. The second kappa shape index (κ2) is 5.08. The van der Waals surface area contributed by atoms with Crippen LogP contribution < -0.4 is 10.2 Å². The molecule has 0 aliphatic carbocycles. The van der Waals surface area contributed by atoms with E-state index < -0.39 is 21.8 Å². The largest absolute Gasteiger partial charge is 0.451 e. The highest BCUT2D eigenvalue weighted by atomic mass is 32.2. The number of nitrogens with one attached hydrogen (secondary N) is 1.